The number of nitrogens with one attached hydrogen (secondary N) is 1. The number of nitrogens with zero attached hydrogens (tertiary/aromatic N) is 2. The van der Waals surface area contributed by atoms with E-state index in [1.54, 1.807) is 7.05 Å². The van der Waals surface area contributed by atoms with Gasteiger partial charge in [-0.15, -0.1) is 0 Å². The number of aliphatic imine (C=N–C) groups is 1. The van der Waals surface area contributed by atoms with Gasteiger partial charge in [0.1, 0.15) is 18.2 Å². The smallest absolute Gasteiger partial charge is 0.237 e. The third kappa shape index (κ3) is 4.08. The van der Waals surface area contributed by atoms with Gasteiger partial charge in [0.05, 0.1) is 17.5 Å². The van der Waals surface area contributed by atoms with Gasteiger partial charge in [-0.2, -0.15) is 0 Å². The maximum atomic E-state index is 12.7. The molecule has 0 unspecified atom stereocenters. The van der Waals surface area contributed by atoms with Crippen molar-refractivity contribution >= 4 is 21.5 Å². The minimum absolute atomic E-state index is 0.231. The molecule has 1 aliphatic heterocycles. The molecule has 1 aromatic carbocycles. The lowest BCUT2D eigenvalue weighted by Crippen LogP contribution is -2.31. The molecule has 1 aromatic rings. The van der Waals surface area contributed by atoms with Gasteiger partial charge in [-0.3, -0.25) is 9.30 Å². The molecule has 0 bridgehead atoms. The van der Waals surface area contributed by atoms with Crippen LogP contribution in [0.2, 0.25) is 0 Å². The molecule has 3 rings (SSSR count). The van der Waals surface area contributed by atoms with Gasteiger partial charge in [0.15, 0.2) is 0 Å². The second-order valence-corrected chi connectivity index (χ2v) is 9.35. The predicted molar refractivity (Wildman–Crippen MR) is 101 cm³/mol. The van der Waals surface area contributed by atoms with Gasteiger partial charge in [-0.1, -0.05) is 19.9 Å². The molecule has 1 fully saturated rings. The van der Waals surface area contributed by atoms with Crippen LogP contribution < -0.4 is 14.4 Å². The van der Waals surface area contributed by atoms with E-state index in [1.807, 2.05) is 18.2 Å². The SMILES string of the molecule is CC(C)Cc1c(OCC2=NCCN2)cccc1N(C)S(=O)(=O)C1CC1. The van der Waals surface area contributed by atoms with Crippen molar-refractivity contribution in [1.29, 1.82) is 0 Å². The molecule has 25 heavy (non-hydrogen) atoms. The lowest BCUT2D eigenvalue weighted by molar-refractivity contribution is 0.367. The van der Waals surface area contributed by atoms with Crippen molar-refractivity contribution in [3.63, 3.8) is 0 Å². The van der Waals surface area contributed by atoms with E-state index in [2.05, 4.69) is 24.2 Å². The standard InChI is InChI=1S/C18H27N3O3S/c1-13(2)11-15-16(21(3)25(22,23)14-7-8-14)5-4-6-17(15)24-12-18-19-9-10-20-18/h4-6,13-14H,7-12H2,1-3H3,(H,19,20). The zero-order valence-corrected chi connectivity index (χ0v) is 16.0. The summed E-state index contributed by atoms with van der Waals surface area (Å²) in [5.74, 6) is 1.97. The Balaban J connectivity index is 1.89. The molecule has 0 atom stereocenters. The van der Waals surface area contributed by atoms with Crippen molar-refractivity contribution in [3.8, 4) is 5.75 Å². The van der Waals surface area contributed by atoms with E-state index < -0.39 is 10.0 Å². The van der Waals surface area contributed by atoms with Gasteiger partial charge in [0.2, 0.25) is 10.0 Å². The van der Waals surface area contributed by atoms with Crippen molar-refractivity contribution in [1.82, 2.24) is 5.32 Å². The summed E-state index contributed by atoms with van der Waals surface area (Å²) >= 11 is 0. The fourth-order valence-corrected chi connectivity index (χ4v) is 4.64. The molecule has 6 nitrogen and oxygen atoms in total. The fourth-order valence-electron chi connectivity index (χ4n) is 3.01. The second-order valence-electron chi connectivity index (χ2n) is 7.11. The number of benzene rings is 1. The Morgan fingerprint density at radius 1 is 1.36 bits per heavy atom. The number of sulfonamides is 1. The Morgan fingerprint density at radius 2 is 2.12 bits per heavy atom. The Hall–Kier alpha value is -1.76. The Morgan fingerprint density at radius 3 is 2.72 bits per heavy atom. The van der Waals surface area contributed by atoms with Crippen LogP contribution in [0.1, 0.15) is 32.3 Å². The van der Waals surface area contributed by atoms with Crippen molar-refractivity contribution in [2.45, 2.75) is 38.4 Å². The molecule has 0 radical (unpaired) electrons. The summed E-state index contributed by atoms with van der Waals surface area (Å²) < 4.78 is 32.8. The minimum Gasteiger partial charge on any atom is -0.485 e. The third-order valence-corrected chi connectivity index (χ3v) is 6.77. The molecule has 0 spiro atoms. The van der Waals surface area contributed by atoms with Crippen molar-refractivity contribution in [3.05, 3.63) is 23.8 Å². The lowest BCUT2D eigenvalue weighted by Gasteiger charge is -2.25. The van der Waals surface area contributed by atoms with E-state index in [9.17, 15) is 8.42 Å². The Labute approximate surface area is 150 Å². The fraction of sp³-hybridized carbons (Fsp3) is 0.611. The average Bonchev–Trinajstić information content (AvgIpc) is 3.31. The van der Waals surface area contributed by atoms with E-state index in [0.717, 1.165) is 55.2 Å². The number of anilines is 1. The normalized spacial score (nSPS) is 17.4. The number of hydrogen-bond acceptors (Lipinski definition) is 5. The first kappa shape index (κ1) is 18.0. The van der Waals surface area contributed by atoms with Gasteiger partial charge < -0.3 is 10.1 Å². The zero-order valence-electron chi connectivity index (χ0n) is 15.2. The molecule has 138 valence electrons. The summed E-state index contributed by atoms with van der Waals surface area (Å²) in [5.41, 5.74) is 1.67. The van der Waals surface area contributed by atoms with Crippen molar-refractivity contribution < 1.29 is 13.2 Å². The van der Waals surface area contributed by atoms with Crippen LogP contribution in [0, 0.1) is 5.92 Å². The van der Waals surface area contributed by atoms with Crippen molar-refractivity contribution in [2.24, 2.45) is 10.9 Å². The van der Waals surface area contributed by atoms with Crippen LogP contribution in [-0.4, -0.2) is 46.2 Å². The maximum absolute atomic E-state index is 12.7. The van der Waals surface area contributed by atoms with Crippen LogP contribution in [0.5, 0.6) is 5.75 Å². The van der Waals surface area contributed by atoms with E-state index in [4.69, 9.17) is 4.74 Å². The minimum atomic E-state index is -3.28. The first-order valence-corrected chi connectivity index (χ1v) is 10.4. The first-order chi connectivity index (χ1) is 11.9. The van der Waals surface area contributed by atoms with Gasteiger partial charge >= 0.3 is 0 Å². The molecule has 1 heterocycles. The molecular formula is C18H27N3O3S. The molecular weight excluding hydrogens is 338 g/mol. The molecule has 1 saturated carbocycles. The van der Waals surface area contributed by atoms with E-state index >= 15 is 0 Å². The number of rotatable bonds is 8. The van der Waals surface area contributed by atoms with Crippen LogP contribution in [0.15, 0.2) is 23.2 Å². The van der Waals surface area contributed by atoms with Gasteiger partial charge in [-0.05, 0) is 37.3 Å². The van der Waals surface area contributed by atoms with Crippen LogP contribution >= 0.6 is 0 Å². The summed E-state index contributed by atoms with van der Waals surface area (Å²) in [7, 11) is -1.63. The highest BCUT2D eigenvalue weighted by Gasteiger charge is 2.39. The number of amidine groups is 1. The molecule has 1 aliphatic carbocycles. The van der Waals surface area contributed by atoms with Gasteiger partial charge in [0.25, 0.3) is 0 Å². The third-order valence-electron chi connectivity index (χ3n) is 4.50. The summed E-state index contributed by atoms with van der Waals surface area (Å²) in [5, 5.41) is 2.96. The molecule has 2 aliphatic rings. The molecule has 7 heteroatoms. The topological polar surface area (TPSA) is 71.0 Å². The van der Waals surface area contributed by atoms with Crippen LogP contribution in [-0.2, 0) is 16.4 Å². The van der Waals surface area contributed by atoms with Crippen LogP contribution in [0.25, 0.3) is 0 Å². The summed E-state index contributed by atoms with van der Waals surface area (Å²) in [4.78, 5) is 4.34. The summed E-state index contributed by atoms with van der Waals surface area (Å²) in [6.07, 6.45) is 2.28. The average molecular weight is 365 g/mol. The van der Waals surface area contributed by atoms with E-state index in [1.165, 1.54) is 4.31 Å². The second kappa shape index (κ2) is 7.23. The zero-order chi connectivity index (χ0) is 18.0. The highest BCUT2D eigenvalue weighted by molar-refractivity contribution is 7.93. The molecule has 1 N–H and O–H groups in total. The van der Waals surface area contributed by atoms with Crippen LogP contribution in [0.4, 0.5) is 5.69 Å². The Bertz CT molecular complexity index is 755. The van der Waals surface area contributed by atoms with Crippen molar-refractivity contribution in [2.75, 3.05) is 31.0 Å². The largest absolute Gasteiger partial charge is 0.485 e. The summed E-state index contributed by atoms with van der Waals surface area (Å²) in [6.45, 7) is 6.25. The first-order valence-electron chi connectivity index (χ1n) is 8.89. The molecule has 0 saturated heterocycles. The summed E-state index contributed by atoms with van der Waals surface area (Å²) in [6, 6.07) is 5.64. The predicted octanol–water partition coefficient (Wildman–Crippen LogP) is 2.19. The highest BCUT2D eigenvalue weighted by atomic mass is 32.2. The van der Waals surface area contributed by atoms with Gasteiger partial charge in [-0.25, -0.2) is 8.42 Å². The van der Waals surface area contributed by atoms with Gasteiger partial charge in [0, 0.05) is 19.2 Å². The van der Waals surface area contributed by atoms with Crippen LogP contribution in [0.3, 0.4) is 0 Å². The molecule has 0 aromatic heterocycles. The number of hydrogen-bond donors (Lipinski definition) is 1. The maximum Gasteiger partial charge on any atom is 0.237 e. The molecule has 0 amide bonds. The number of ether oxygens (including phenoxy) is 1. The van der Waals surface area contributed by atoms with E-state index in [0.29, 0.717) is 12.5 Å². The lowest BCUT2D eigenvalue weighted by atomic mass is 10.00. The quantitative estimate of drug-likeness (QED) is 0.767. The highest BCUT2D eigenvalue weighted by Crippen LogP contribution is 2.37. The van der Waals surface area contributed by atoms with E-state index in [-0.39, 0.29) is 5.25 Å². The monoisotopic (exact) mass is 365 g/mol. The Kier molecular flexibility index (Phi) is 5.22.